The number of rotatable bonds is 11. The van der Waals surface area contributed by atoms with Crippen molar-refractivity contribution in [3.05, 3.63) is 83.4 Å². The second-order valence-corrected chi connectivity index (χ2v) is 11.4. The van der Waals surface area contributed by atoms with Crippen LogP contribution < -0.4 is 19.2 Å². The first kappa shape index (κ1) is 26.8. The highest BCUT2D eigenvalue weighted by atomic mass is 35.5. The lowest BCUT2D eigenvalue weighted by molar-refractivity contribution is -0.119. The lowest BCUT2D eigenvalue weighted by Crippen LogP contribution is -2.39. The van der Waals surface area contributed by atoms with E-state index in [9.17, 15) is 13.2 Å². The van der Waals surface area contributed by atoms with Gasteiger partial charge in [-0.25, -0.2) is 13.8 Å². The Morgan fingerprint density at radius 3 is 2.30 bits per heavy atom. The van der Waals surface area contributed by atoms with Crippen molar-refractivity contribution in [2.45, 2.75) is 17.9 Å². The summed E-state index contributed by atoms with van der Waals surface area (Å²) in [7, 11) is -4.07. The lowest BCUT2D eigenvalue weighted by atomic mass is 10.2. The highest BCUT2D eigenvalue weighted by Gasteiger charge is 2.27. The molecule has 0 spiro atoms. The monoisotopic (exact) mass is 559 g/mol. The van der Waals surface area contributed by atoms with Crippen molar-refractivity contribution in [2.24, 2.45) is 5.10 Å². The number of nitrogens with zero attached hydrogens (tertiary/aromatic N) is 2. The van der Waals surface area contributed by atoms with E-state index in [0.717, 1.165) is 27.1 Å². The number of ether oxygens (including phenoxy) is 2. The molecule has 1 aliphatic rings. The van der Waals surface area contributed by atoms with Gasteiger partial charge in [0.2, 0.25) is 0 Å². The average molecular weight is 560 g/mol. The summed E-state index contributed by atoms with van der Waals surface area (Å²) in [5.41, 5.74) is 3.47. The third-order valence-corrected chi connectivity index (χ3v) is 8.57. The number of anilines is 1. The smallest absolute Gasteiger partial charge is 0.264 e. The van der Waals surface area contributed by atoms with Gasteiger partial charge in [0.25, 0.3) is 15.9 Å². The summed E-state index contributed by atoms with van der Waals surface area (Å²) >= 11 is 7.78. The molecule has 0 aromatic heterocycles. The first-order chi connectivity index (χ1) is 17.8. The molecule has 0 bridgehead atoms. The molecule has 1 heterocycles. The fourth-order valence-corrected chi connectivity index (χ4v) is 5.49. The molecule has 1 N–H and O–H groups in total. The Balaban J connectivity index is 1.46. The van der Waals surface area contributed by atoms with Gasteiger partial charge in [0.15, 0.2) is 0 Å². The highest BCUT2D eigenvalue weighted by Crippen LogP contribution is 2.27. The van der Waals surface area contributed by atoms with Gasteiger partial charge in [0.1, 0.15) is 24.1 Å². The van der Waals surface area contributed by atoms with Crippen LogP contribution in [0.15, 0.2) is 82.8 Å². The third-order valence-electron chi connectivity index (χ3n) is 5.32. The molecule has 0 saturated carbocycles. The molecular formula is C26H26ClN3O5S2. The Morgan fingerprint density at radius 1 is 1.05 bits per heavy atom. The second kappa shape index (κ2) is 12.4. The molecule has 37 heavy (non-hydrogen) atoms. The summed E-state index contributed by atoms with van der Waals surface area (Å²) in [5, 5.41) is 4.39. The van der Waals surface area contributed by atoms with Crippen molar-refractivity contribution in [3.8, 4) is 11.5 Å². The van der Waals surface area contributed by atoms with Gasteiger partial charge in [0.05, 0.1) is 23.4 Å². The minimum absolute atomic E-state index is 0.00453. The summed E-state index contributed by atoms with van der Waals surface area (Å²) in [6.07, 6.45) is 1.74. The van der Waals surface area contributed by atoms with Gasteiger partial charge < -0.3 is 9.47 Å². The maximum Gasteiger partial charge on any atom is 0.264 e. The van der Waals surface area contributed by atoms with Crippen LogP contribution in [0.25, 0.3) is 0 Å². The fourth-order valence-electron chi connectivity index (χ4n) is 3.38. The van der Waals surface area contributed by atoms with Crippen molar-refractivity contribution >= 4 is 51.2 Å². The number of thioether (sulfide) groups is 1. The van der Waals surface area contributed by atoms with Crippen LogP contribution in [0, 0.1) is 0 Å². The van der Waals surface area contributed by atoms with E-state index in [-0.39, 0.29) is 11.0 Å². The normalized spacial score (nSPS) is 13.7. The molecule has 0 aliphatic carbocycles. The van der Waals surface area contributed by atoms with Crippen molar-refractivity contribution in [1.29, 1.82) is 0 Å². The van der Waals surface area contributed by atoms with Gasteiger partial charge in [-0.1, -0.05) is 11.6 Å². The van der Waals surface area contributed by atoms with Gasteiger partial charge in [-0.15, -0.1) is 0 Å². The van der Waals surface area contributed by atoms with Crippen LogP contribution >= 0.6 is 23.4 Å². The Hall–Kier alpha value is -3.21. The van der Waals surface area contributed by atoms with Crippen molar-refractivity contribution in [1.82, 2.24) is 5.43 Å². The molecule has 11 heteroatoms. The van der Waals surface area contributed by atoms with E-state index in [1.165, 1.54) is 30.5 Å². The van der Waals surface area contributed by atoms with Gasteiger partial charge in [0, 0.05) is 16.5 Å². The number of carbonyl (C=O) groups excluding carboxylic acids is 1. The lowest BCUT2D eigenvalue weighted by Gasteiger charge is -2.25. The van der Waals surface area contributed by atoms with Crippen LogP contribution in [0.4, 0.5) is 5.69 Å². The molecule has 0 radical (unpaired) electrons. The standard InChI is InChI=1S/C26H26ClN3O5S2/c1-2-34-22-11-7-21(8-12-22)30(37(32,33)25-13-5-20(27)6-14-25)16-26(31)29-28-15-19-3-9-23(10-4-19)35-24-17-36-18-24/h3-15,24H,2,16-18H2,1H3,(H,29,31)/b28-15-. The first-order valence-electron chi connectivity index (χ1n) is 11.5. The molecule has 1 saturated heterocycles. The van der Waals surface area contributed by atoms with Crippen LogP contribution in [0.2, 0.25) is 5.02 Å². The Bertz CT molecular complexity index is 1330. The summed E-state index contributed by atoms with van der Waals surface area (Å²) in [4.78, 5) is 12.7. The number of hydrogen-bond donors (Lipinski definition) is 1. The average Bonchev–Trinajstić information content (AvgIpc) is 2.87. The molecule has 8 nitrogen and oxygen atoms in total. The van der Waals surface area contributed by atoms with E-state index in [2.05, 4.69) is 10.5 Å². The van der Waals surface area contributed by atoms with Gasteiger partial charge >= 0.3 is 0 Å². The molecule has 0 atom stereocenters. The van der Waals surface area contributed by atoms with Crippen LogP contribution in [-0.2, 0) is 14.8 Å². The summed E-state index contributed by atoms with van der Waals surface area (Å²) in [6, 6.07) is 19.6. The minimum Gasteiger partial charge on any atom is -0.494 e. The topological polar surface area (TPSA) is 97.3 Å². The Kier molecular flexibility index (Phi) is 8.96. The fraction of sp³-hybridized carbons (Fsp3) is 0.231. The van der Waals surface area contributed by atoms with E-state index in [1.54, 1.807) is 24.3 Å². The number of sulfonamides is 1. The Morgan fingerprint density at radius 2 is 1.70 bits per heavy atom. The van der Waals surface area contributed by atoms with Crippen molar-refractivity contribution in [2.75, 3.05) is 29.0 Å². The molecule has 1 aliphatic heterocycles. The quantitative estimate of drug-likeness (QED) is 0.273. The third kappa shape index (κ3) is 7.18. The van der Waals surface area contributed by atoms with Crippen LogP contribution in [0.1, 0.15) is 12.5 Å². The predicted octanol–water partition coefficient (Wildman–Crippen LogP) is 4.58. The first-order valence-corrected chi connectivity index (χ1v) is 14.5. The molecular weight excluding hydrogens is 534 g/mol. The number of benzene rings is 3. The number of carbonyl (C=O) groups is 1. The van der Waals surface area contributed by atoms with Crippen LogP contribution in [0.5, 0.6) is 11.5 Å². The highest BCUT2D eigenvalue weighted by molar-refractivity contribution is 8.00. The van der Waals surface area contributed by atoms with Gasteiger partial charge in [-0.05, 0) is 85.3 Å². The zero-order valence-corrected chi connectivity index (χ0v) is 22.4. The number of hydrazone groups is 1. The Labute approximate surface area is 225 Å². The molecule has 194 valence electrons. The minimum atomic E-state index is -4.07. The number of nitrogens with one attached hydrogen (secondary N) is 1. The van der Waals surface area contributed by atoms with E-state index < -0.39 is 22.5 Å². The molecule has 4 rings (SSSR count). The number of hydrogen-bond acceptors (Lipinski definition) is 7. The number of amides is 1. The van der Waals surface area contributed by atoms with Crippen LogP contribution in [0.3, 0.4) is 0 Å². The van der Waals surface area contributed by atoms with Gasteiger partial charge in [-0.2, -0.15) is 16.9 Å². The second-order valence-electron chi connectivity index (χ2n) is 8.03. The van der Waals surface area contributed by atoms with Crippen LogP contribution in [-0.4, -0.2) is 51.3 Å². The number of halogens is 1. The van der Waals surface area contributed by atoms with E-state index in [1.807, 2.05) is 43.0 Å². The predicted molar refractivity (Wildman–Crippen MR) is 148 cm³/mol. The van der Waals surface area contributed by atoms with E-state index in [4.69, 9.17) is 21.1 Å². The summed E-state index contributed by atoms with van der Waals surface area (Å²) < 4.78 is 39.2. The largest absolute Gasteiger partial charge is 0.494 e. The maximum absolute atomic E-state index is 13.4. The van der Waals surface area contributed by atoms with E-state index >= 15 is 0 Å². The zero-order valence-electron chi connectivity index (χ0n) is 20.0. The molecule has 3 aromatic rings. The molecule has 1 fully saturated rings. The van der Waals surface area contributed by atoms with Crippen molar-refractivity contribution < 1.29 is 22.7 Å². The molecule has 3 aromatic carbocycles. The maximum atomic E-state index is 13.4. The molecule has 0 unspecified atom stereocenters. The summed E-state index contributed by atoms with van der Waals surface area (Å²) in [6.45, 7) is 1.84. The summed E-state index contributed by atoms with van der Waals surface area (Å²) in [5.74, 6) is 2.76. The SMILES string of the molecule is CCOc1ccc(N(CC(=O)N/N=C\c2ccc(OC3CSC3)cc2)S(=O)(=O)c2ccc(Cl)cc2)cc1. The molecule has 1 amide bonds. The van der Waals surface area contributed by atoms with E-state index in [0.29, 0.717) is 23.1 Å². The van der Waals surface area contributed by atoms with Gasteiger partial charge in [-0.3, -0.25) is 9.10 Å². The van der Waals surface area contributed by atoms with Crippen molar-refractivity contribution in [3.63, 3.8) is 0 Å². The zero-order chi connectivity index (χ0) is 26.3.